The molecule has 0 aromatic carbocycles. The number of ether oxygens (including phenoxy) is 1. The Morgan fingerprint density at radius 2 is 2.28 bits per heavy atom. The molecule has 5 heteroatoms. The summed E-state index contributed by atoms with van der Waals surface area (Å²) in [6, 6.07) is 3.38. The van der Waals surface area contributed by atoms with Gasteiger partial charge in [-0.15, -0.1) is 10.2 Å². The maximum Gasteiger partial charge on any atom is 0.358 e. The summed E-state index contributed by atoms with van der Waals surface area (Å²) < 4.78 is 4.57. The molecule has 1 aliphatic rings. The monoisotopic (exact) mass is 249 g/mol. The molecule has 5 nitrogen and oxygen atoms in total. The first-order chi connectivity index (χ1) is 8.69. The number of esters is 1. The van der Waals surface area contributed by atoms with Crippen molar-refractivity contribution in [2.45, 2.75) is 26.2 Å². The first-order valence-electron chi connectivity index (χ1n) is 6.35. The summed E-state index contributed by atoms with van der Waals surface area (Å²) in [5.74, 6) is 1.81. The third-order valence-electron chi connectivity index (χ3n) is 3.43. The van der Waals surface area contributed by atoms with Gasteiger partial charge in [0.05, 0.1) is 7.11 Å². The van der Waals surface area contributed by atoms with E-state index in [-0.39, 0.29) is 5.69 Å². The number of nitrogens with one attached hydrogen (secondary N) is 1. The van der Waals surface area contributed by atoms with Crippen molar-refractivity contribution >= 4 is 11.8 Å². The van der Waals surface area contributed by atoms with E-state index in [2.05, 4.69) is 27.2 Å². The van der Waals surface area contributed by atoms with E-state index >= 15 is 0 Å². The maximum absolute atomic E-state index is 11.2. The molecule has 98 valence electrons. The van der Waals surface area contributed by atoms with Crippen LogP contribution in [0.5, 0.6) is 0 Å². The van der Waals surface area contributed by atoms with Crippen LogP contribution in [0.15, 0.2) is 12.1 Å². The van der Waals surface area contributed by atoms with Crippen LogP contribution in [0.25, 0.3) is 0 Å². The fourth-order valence-corrected chi connectivity index (χ4v) is 2.40. The fraction of sp³-hybridized carbons (Fsp3) is 0.615. The minimum atomic E-state index is -0.460. The largest absolute Gasteiger partial charge is 0.464 e. The van der Waals surface area contributed by atoms with Crippen molar-refractivity contribution < 1.29 is 9.53 Å². The molecule has 0 spiro atoms. The Labute approximate surface area is 107 Å². The van der Waals surface area contributed by atoms with Gasteiger partial charge in [0.25, 0.3) is 0 Å². The van der Waals surface area contributed by atoms with Crippen LogP contribution in [0.3, 0.4) is 0 Å². The van der Waals surface area contributed by atoms with Crippen LogP contribution in [-0.2, 0) is 4.74 Å². The van der Waals surface area contributed by atoms with Crippen molar-refractivity contribution in [2.75, 3.05) is 19.0 Å². The number of carbonyl (C=O) groups excluding carboxylic acids is 1. The van der Waals surface area contributed by atoms with E-state index in [1.54, 1.807) is 12.1 Å². The SMILES string of the molecule is COC(=O)c1ccc(NCC2CCC(C)C2)nn1. The summed E-state index contributed by atoms with van der Waals surface area (Å²) in [5, 5.41) is 11.1. The fourth-order valence-electron chi connectivity index (χ4n) is 2.40. The van der Waals surface area contributed by atoms with Gasteiger partial charge < -0.3 is 10.1 Å². The Kier molecular flexibility index (Phi) is 4.12. The Morgan fingerprint density at radius 1 is 1.44 bits per heavy atom. The lowest BCUT2D eigenvalue weighted by Crippen LogP contribution is -2.13. The predicted molar refractivity (Wildman–Crippen MR) is 68.4 cm³/mol. The van der Waals surface area contributed by atoms with Crippen LogP contribution in [0, 0.1) is 11.8 Å². The van der Waals surface area contributed by atoms with E-state index in [9.17, 15) is 4.79 Å². The number of methoxy groups -OCH3 is 1. The molecule has 1 heterocycles. The Balaban J connectivity index is 1.85. The maximum atomic E-state index is 11.2. The van der Waals surface area contributed by atoms with Gasteiger partial charge in [0.2, 0.25) is 0 Å². The van der Waals surface area contributed by atoms with Gasteiger partial charge in [0, 0.05) is 6.54 Å². The lowest BCUT2D eigenvalue weighted by Gasteiger charge is -2.11. The zero-order valence-electron chi connectivity index (χ0n) is 10.8. The van der Waals surface area contributed by atoms with Gasteiger partial charge in [-0.25, -0.2) is 4.79 Å². The highest BCUT2D eigenvalue weighted by atomic mass is 16.5. The van der Waals surface area contributed by atoms with Crippen molar-refractivity contribution in [1.82, 2.24) is 10.2 Å². The number of anilines is 1. The van der Waals surface area contributed by atoms with Gasteiger partial charge in [-0.1, -0.05) is 13.3 Å². The molecule has 2 unspecified atom stereocenters. The summed E-state index contributed by atoms with van der Waals surface area (Å²) in [6.45, 7) is 3.22. The average molecular weight is 249 g/mol. The van der Waals surface area contributed by atoms with Crippen molar-refractivity contribution in [1.29, 1.82) is 0 Å². The number of hydrogen-bond donors (Lipinski definition) is 1. The third kappa shape index (κ3) is 3.18. The van der Waals surface area contributed by atoms with E-state index in [4.69, 9.17) is 0 Å². The second-order valence-corrected chi connectivity index (χ2v) is 4.96. The van der Waals surface area contributed by atoms with E-state index in [0.29, 0.717) is 5.82 Å². The lowest BCUT2D eigenvalue weighted by atomic mass is 10.1. The zero-order chi connectivity index (χ0) is 13.0. The van der Waals surface area contributed by atoms with Crippen molar-refractivity contribution in [3.63, 3.8) is 0 Å². The molecule has 1 N–H and O–H groups in total. The van der Waals surface area contributed by atoms with Crippen molar-refractivity contribution in [3.05, 3.63) is 17.8 Å². The van der Waals surface area contributed by atoms with Gasteiger partial charge in [0.1, 0.15) is 5.82 Å². The second kappa shape index (κ2) is 5.80. The van der Waals surface area contributed by atoms with E-state index in [1.165, 1.54) is 26.4 Å². The molecular weight excluding hydrogens is 230 g/mol. The third-order valence-corrected chi connectivity index (χ3v) is 3.43. The molecule has 0 bridgehead atoms. The van der Waals surface area contributed by atoms with Crippen LogP contribution in [0.1, 0.15) is 36.7 Å². The molecule has 2 rings (SSSR count). The minimum absolute atomic E-state index is 0.234. The molecule has 1 saturated carbocycles. The van der Waals surface area contributed by atoms with Gasteiger partial charge >= 0.3 is 5.97 Å². The molecule has 1 aliphatic carbocycles. The highest BCUT2D eigenvalue weighted by molar-refractivity contribution is 5.86. The van der Waals surface area contributed by atoms with E-state index in [0.717, 1.165) is 18.4 Å². The van der Waals surface area contributed by atoms with Crippen molar-refractivity contribution in [2.24, 2.45) is 11.8 Å². The highest BCUT2D eigenvalue weighted by Crippen LogP contribution is 2.30. The molecule has 1 fully saturated rings. The topological polar surface area (TPSA) is 64.1 Å². The molecule has 1 aromatic heterocycles. The Bertz CT molecular complexity index is 405. The van der Waals surface area contributed by atoms with Crippen LogP contribution >= 0.6 is 0 Å². The van der Waals surface area contributed by atoms with Crippen LogP contribution < -0.4 is 5.32 Å². The molecule has 0 saturated heterocycles. The molecule has 0 amide bonds. The normalized spacial score (nSPS) is 22.8. The lowest BCUT2D eigenvalue weighted by molar-refractivity contribution is 0.0593. The standard InChI is InChI=1S/C13H19N3O2/c1-9-3-4-10(7-9)8-14-12-6-5-11(15-16-12)13(17)18-2/h5-6,9-10H,3-4,7-8H2,1-2H3,(H,14,16). The van der Waals surface area contributed by atoms with Gasteiger partial charge in [-0.05, 0) is 36.8 Å². The molecule has 1 aromatic rings. The summed E-state index contributed by atoms with van der Waals surface area (Å²) in [4.78, 5) is 11.2. The number of nitrogens with zero attached hydrogens (tertiary/aromatic N) is 2. The average Bonchev–Trinajstić information content (AvgIpc) is 2.82. The van der Waals surface area contributed by atoms with Crippen LogP contribution in [0.2, 0.25) is 0 Å². The zero-order valence-corrected chi connectivity index (χ0v) is 10.8. The van der Waals surface area contributed by atoms with Crippen LogP contribution in [0.4, 0.5) is 5.82 Å². The summed E-state index contributed by atoms with van der Waals surface area (Å²) in [6.07, 6.45) is 3.88. The second-order valence-electron chi connectivity index (χ2n) is 4.96. The molecule has 0 aliphatic heterocycles. The summed E-state index contributed by atoms with van der Waals surface area (Å²) >= 11 is 0. The van der Waals surface area contributed by atoms with Crippen molar-refractivity contribution in [3.8, 4) is 0 Å². The number of aromatic nitrogens is 2. The summed E-state index contributed by atoms with van der Waals surface area (Å²) in [5.41, 5.74) is 0.234. The quantitative estimate of drug-likeness (QED) is 0.828. The molecule has 2 atom stereocenters. The van der Waals surface area contributed by atoms with Gasteiger partial charge in [-0.2, -0.15) is 0 Å². The smallest absolute Gasteiger partial charge is 0.358 e. The van der Waals surface area contributed by atoms with Crippen LogP contribution in [-0.4, -0.2) is 29.8 Å². The number of carbonyl (C=O) groups is 1. The number of hydrogen-bond acceptors (Lipinski definition) is 5. The predicted octanol–water partition coefficient (Wildman–Crippen LogP) is 2.11. The Hall–Kier alpha value is -1.65. The highest BCUT2D eigenvalue weighted by Gasteiger charge is 2.20. The Morgan fingerprint density at radius 3 is 2.83 bits per heavy atom. The van der Waals surface area contributed by atoms with Gasteiger partial charge in [-0.3, -0.25) is 0 Å². The minimum Gasteiger partial charge on any atom is -0.464 e. The van der Waals surface area contributed by atoms with E-state index < -0.39 is 5.97 Å². The molecule has 0 radical (unpaired) electrons. The first kappa shape index (κ1) is 12.8. The van der Waals surface area contributed by atoms with Gasteiger partial charge in [0.15, 0.2) is 5.69 Å². The summed E-state index contributed by atoms with van der Waals surface area (Å²) in [7, 11) is 1.33. The molecular formula is C13H19N3O2. The molecule has 18 heavy (non-hydrogen) atoms. The first-order valence-corrected chi connectivity index (χ1v) is 6.35. The van der Waals surface area contributed by atoms with E-state index in [1.807, 2.05) is 0 Å². The number of rotatable bonds is 4.